The van der Waals surface area contributed by atoms with Crippen LogP contribution in [-0.2, 0) is 13.6 Å². The molecule has 3 nitrogen and oxygen atoms in total. The van der Waals surface area contributed by atoms with Crippen LogP contribution in [-0.4, -0.2) is 4.57 Å². The van der Waals surface area contributed by atoms with Crippen molar-refractivity contribution in [2.24, 2.45) is 12.8 Å². The highest BCUT2D eigenvalue weighted by Gasteiger charge is 2.07. The van der Waals surface area contributed by atoms with Crippen LogP contribution < -0.4 is 11.2 Å². The third kappa shape index (κ3) is 1.45. The molecule has 0 fully saturated rings. The van der Waals surface area contributed by atoms with E-state index >= 15 is 0 Å². The summed E-state index contributed by atoms with van der Waals surface area (Å²) in [4.78, 5) is 12.0. The van der Waals surface area contributed by atoms with Crippen molar-refractivity contribution in [2.45, 2.75) is 13.5 Å². The van der Waals surface area contributed by atoms with E-state index in [1.165, 1.54) is 0 Å². The molecule has 0 unspecified atom stereocenters. The number of fused-ring (bicyclic) bond motifs is 1. The van der Waals surface area contributed by atoms with Crippen LogP contribution in [0, 0.1) is 6.92 Å². The Morgan fingerprint density at radius 1 is 1.40 bits per heavy atom. The average molecular weight is 202 g/mol. The minimum absolute atomic E-state index is 0.0503. The molecule has 0 saturated carbocycles. The molecule has 0 radical (unpaired) electrons. The highest BCUT2D eigenvalue weighted by Crippen LogP contribution is 2.14. The summed E-state index contributed by atoms with van der Waals surface area (Å²) in [5.74, 6) is 0. The molecule has 0 saturated heterocycles. The van der Waals surface area contributed by atoms with Gasteiger partial charge in [-0.2, -0.15) is 0 Å². The summed E-state index contributed by atoms with van der Waals surface area (Å²) >= 11 is 0. The van der Waals surface area contributed by atoms with Gasteiger partial charge in [-0.15, -0.1) is 0 Å². The van der Waals surface area contributed by atoms with E-state index in [0.29, 0.717) is 5.56 Å². The number of aromatic nitrogens is 1. The largest absolute Gasteiger partial charge is 0.350 e. The molecule has 1 aromatic carbocycles. The maximum atomic E-state index is 12.0. The summed E-state index contributed by atoms with van der Waals surface area (Å²) in [5, 5.41) is 0.750. The van der Waals surface area contributed by atoms with Crippen molar-refractivity contribution in [1.82, 2.24) is 4.57 Å². The standard InChI is InChI=1S/C12H14N2O/c1-8-4-3-5-10-11(8)14(2)7-9(6-13)12(10)15/h3-5,7H,6,13H2,1-2H3. The molecule has 0 atom stereocenters. The second-order valence-corrected chi connectivity index (χ2v) is 3.77. The molecule has 0 aliphatic carbocycles. The van der Waals surface area contributed by atoms with E-state index < -0.39 is 0 Å². The summed E-state index contributed by atoms with van der Waals surface area (Å²) in [7, 11) is 1.94. The molecule has 0 spiro atoms. The molecule has 2 N–H and O–H groups in total. The van der Waals surface area contributed by atoms with Crippen LogP contribution in [0.2, 0.25) is 0 Å². The first-order chi connectivity index (χ1) is 7.15. The van der Waals surface area contributed by atoms with Crippen LogP contribution in [0.3, 0.4) is 0 Å². The monoisotopic (exact) mass is 202 g/mol. The fourth-order valence-corrected chi connectivity index (χ4v) is 1.99. The molecule has 1 aromatic heterocycles. The normalized spacial score (nSPS) is 10.9. The third-order valence-corrected chi connectivity index (χ3v) is 2.70. The second kappa shape index (κ2) is 3.51. The van der Waals surface area contributed by atoms with Crippen molar-refractivity contribution >= 4 is 10.9 Å². The zero-order valence-corrected chi connectivity index (χ0v) is 8.95. The van der Waals surface area contributed by atoms with Crippen molar-refractivity contribution in [1.29, 1.82) is 0 Å². The minimum Gasteiger partial charge on any atom is -0.350 e. The number of aryl methyl sites for hydroxylation is 2. The smallest absolute Gasteiger partial charge is 0.193 e. The number of nitrogens with zero attached hydrogens (tertiary/aromatic N) is 1. The van der Waals surface area contributed by atoms with E-state index in [2.05, 4.69) is 0 Å². The van der Waals surface area contributed by atoms with Crippen LogP contribution in [0.5, 0.6) is 0 Å². The van der Waals surface area contributed by atoms with Crippen molar-refractivity contribution in [3.63, 3.8) is 0 Å². The lowest BCUT2D eigenvalue weighted by Crippen LogP contribution is -2.16. The summed E-state index contributed by atoms with van der Waals surface area (Å²) < 4.78 is 1.97. The number of hydrogen-bond donors (Lipinski definition) is 1. The van der Waals surface area contributed by atoms with Crippen LogP contribution in [0.15, 0.2) is 29.2 Å². The Morgan fingerprint density at radius 2 is 2.13 bits per heavy atom. The molecule has 2 rings (SSSR count). The number of pyridine rings is 1. The van der Waals surface area contributed by atoms with Gasteiger partial charge >= 0.3 is 0 Å². The van der Waals surface area contributed by atoms with Crippen LogP contribution in [0.4, 0.5) is 0 Å². The van der Waals surface area contributed by atoms with Gasteiger partial charge in [0.05, 0.1) is 5.52 Å². The molecular weight excluding hydrogens is 188 g/mol. The number of benzene rings is 1. The Kier molecular flexibility index (Phi) is 2.32. The lowest BCUT2D eigenvalue weighted by atomic mass is 10.1. The predicted octanol–water partition coefficient (Wildman–Crippen LogP) is 1.31. The Hall–Kier alpha value is -1.61. The van der Waals surface area contributed by atoms with E-state index in [1.54, 1.807) is 0 Å². The quantitative estimate of drug-likeness (QED) is 0.757. The van der Waals surface area contributed by atoms with Gasteiger partial charge in [0.1, 0.15) is 0 Å². The minimum atomic E-state index is 0.0503. The van der Waals surface area contributed by atoms with Gasteiger partial charge in [-0.1, -0.05) is 12.1 Å². The highest BCUT2D eigenvalue weighted by atomic mass is 16.1. The van der Waals surface area contributed by atoms with E-state index in [1.807, 2.05) is 42.9 Å². The van der Waals surface area contributed by atoms with Crippen molar-refractivity contribution in [3.8, 4) is 0 Å². The summed E-state index contributed by atoms with van der Waals surface area (Å²) in [6, 6.07) is 5.76. The predicted molar refractivity (Wildman–Crippen MR) is 61.8 cm³/mol. The number of nitrogens with two attached hydrogens (primary N) is 1. The maximum absolute atomic E-state index is 12.0. The molecule has 0 amide bonds. The van der Waals surface area contributed by atoms with Crippen LogP contribution >= 0.6 is 0 Å². The van der Waals surface area contributed by atoms with Gasteiger partial charge in [0.2, 0.25) is 0 Å². The van der Waals surface area contributed by atoms with Gasteiger partial charge in [-0.05, 0) is 18.6 Å². The summed E-state index contributed by atoms with van der Waals surface area (Å²) in [6.07, 6.45) is 1.82. The van der Waals surface area contributed by atoms with E-state index in [0.717, 1.165) is 16.5 Å². The molecule has 78 valence electrons. The second-order valence-electron chi connectivity index (χ2n) is 3.77. The molecule has 0 aliphatic rings. The lowest BCUT2D eigenvalue weighted by Gasteiger charge is -2.09. The Balaban J connectivity index is 3.00. The first kappa shape index (κ1) is 9.93. The number of rotatable bonds is 1. The van der Waals surface area contributed by atoms with Gasteiger partial charge in [0.25, 0.3) is 0 Å². The third-order valence-electron chi connectivity index (χ3n) is 2.70. The van der Waals surface area contributed by atoms with Gasteiger partial charge in [-0.25, -0.2) is 0 Å². The summed E-state index contributed by atoms with van der Waals surface area (Å²) in [5.41, 5.74) is 8.34. The molecule has 15 heavy (non-hydrogen) atoms. The molecule has 0 bridgehead atoms. The first-order valence-electron chi connectivity index (χ1n) is 4.93. The fraction of sp³-hybridized carbons (Fsp3) is 0.250. The lowest BCUT2D eigenvalue weighted by molar-refractivity contribution is 0.908. The van der Waals surface area contributed by atoms with Crippen molar-refractivity contribution < 1.29 is 0 Å². The van der Waals surface area contributed by atoms with Gasteiger partial charge in [-0.3, -0.25) is 4.79 Å². The topological polar surface area (TPSA) is 48.0 Å². The molecule has 3 heteroatoms. The first-order valence-corrected chi connectivity index (χ1v) is 4.93. The molecule has 1 heterocycles. The van der Waals surface area contributed by atoms with Gasteiger partial charge < -0.3 is 10.3 Å². The zero-order valence-electron chi connectivity index (χ0n) is 8.95. The van der Waals surface area contributed by atoms with Crippen molar-refractivity contribution in [2.75, 3.05) is 0 Å². The van der Waals surface area contributed by atoms with E-state index in [9.17, 15) is 4.79 Å². The Morgan fingerprint density at radius 3 is 2.80 bits per heavy atom. The average Bonchev–Trinajstić information content (AvgIpc) is 2.23. The van der Waals surface area contributed by atoms with Crippen LogP contribution in [0.25, 0.3) is 10.9 Å². The molecule has 0 aliphatic heterocycles. The SMILES string of the molecule is Cc1cccc2c(=O)c(CN)cn(C)c12. The van der Waals surface area contributed by atoms with E-state index in [-0.39, 0.29) is 12.0 Å². The van der Waals surface area contributed by atoms with Gasteiger partial charge in [0, 0.05) is 30.7 Å². The van der Waals surface area contributed by atoms with Crippen molar-refractivity contribution in [3.05, 3.63) is 45.7 Å². The highest BCUT2D eigenvalue weighted by molar-refractivity contribution is 5.82. The van der Waals surface area contributed by atoms with Crippen LogP contribution in [0.1, 0.15) is 11.1 Å². The number of hydrogen-bond acceptors (Lipinski definition) is 2. The van der Waals surface area contributed by atoms with E-state index in [4.69, 9.17) is 5.73 Å². The van der Waals surface area contributed by atoms with Gasteiger partial charge in [0.15, 0.2) is 5.43 Å². The molecule has 2 aromatic rings. The zero-order chi connectivity index (χ0) is 11.0. The fourth-order valence-electron chi connectivity index (χ4n) is 1.99. The maximum Gasteiger partial charge on any atom is 0.193 e. The Labute approximate surface area is 88.1 Å². The summed E-state index contributed by atoms with van der Waals surface area (Å²) in [6.45, 7) is 2.29. The Bertz CT molecular complexity index is 570. The number of para-hydroxylation sites is 1. The molecular formula is C12H14N2O.